The second-order valence-corrected chi connectivity index (χ2v) is 4.16. The average molecular weight is 235 g/mol. The van der Waals surface area contributed by atoms with Crippen LogP contribution in [0.2, 0.25) is 0 Å². The van der Waals surface area contributed by atoms with Crippen molar-refractivity contribution in [1.29, 1.82) is 0 Å². The Morgan fingerprint density at radius 3 is 2.82 bits per heavy atom. The van der Waals surface area contributed by atoms with E-state index >= 15 is 0 Å². The van der Waals surface area contributed by atoms with Gasteiger partial charge in [-0.2, -0.15) is 0 Å². The second kappa shape index (κ2) is 5.68. The van der Waals surface area contributed by atoms with Crippen molar-refractivity contribution >= 4 is 5.71 Å². The van der Waals surface area contributed by atoms with Gasteiger partial charge in [-0.15, -0.1) is 0 Å². The third-order valence-corrected chi connectivity index (χ3v) is 2.88. The summed E-state index contributed by atoms with van der Waals surface area (Å²) in [5, 5.41) is 11.8. The predicted molar refractivity (Wildman–Crippen MR) is 64.9 cm³/mol. The molecule has 0 aromatic heterocycles. The average Bonchev–Trinajstić information content (AvgIpc) is 2.89. The topological polar surface area (TPSA) is 51.1 Å². The Hall–Kier alpha value is -1.55. The van der Waals surface area contributed by atoms with Crippen molar-refractivity contribution in [3.63, 3.8) is 0 Å². The number of hydrogen-bond acceptors (Lipinski definition) is 4. The Labute approximate surface area is 101 Å². The Kier molecular flexibility index (Phi) is 3.98. The molecule has 1 heterocycles. The van der Waals surface area contributed by atoms with Gasteiger partial charge in [0, 0.05) is 6.61 Å². The van der Waals surface area contributed by atoms with Crippen LogP contribution < -0.4 is 4.74 Å². The van der Waals surface area contributed by atoms with Crippen LogP contribution in [0.4, 0.5) is 0 Å². The van der Waals surface area contributed by atoms with Crippen LogP contribution in [-0.4, -0.2) is 30.2 Å². The molecule has 1 atom stereocenters. The first kappa shape index (κ1) is 11.9. The third kappa shape index (κ3) is 3.20. The molecule has 2 rings (SSSR count). The van der Waals surface area contributed by atoms with E-state index in [1.54, 1.807) is 6.92 Å². The molecular weight excluding hydrogens is 218 g/mol. The van der Waals surface area contributed by atoms with Gasteiger partial charge in [0.2, 0.25) is 0 Å². The van der Waals surface area contributed by atoms with Crippen molar-refractivity contribution < 1.29 is 14.7 Å². The molecule has 1 aliphatic heterocycles. The normalized spacial score (nSPS) is 20.5. The quantitative estimate of drug-likeness (QED) is 0.495. The van der Waals surface area contributed by atoms with Crippen LogP contribution in [0.5, 0.6) is 5.75 Å². The highest BCUT2D eigenvalue weighted by Gasteiger charge is 2.15. The summed E-state index contributed by atoms with van der Waals surface area (Å²) in [4.78, 5) is 0. The van der Waals surface area contributed by atoms with Crippen LogP contribution in [0.1, 0.15) is 25.3 Å². The van der Waals surface area contributed by atoms with E-state index in [1.807, 2.05) is 24.3 Å². The number of oxime groups is 1. The second-order valence-electron chi connectivity index (χ2n) is 4.16. The molecule has 0 amide bonds. The summed E-state index contributed by atoms with van der Waals surface area (Å²) in [5.74, 6) is 0.815. The molecule has 0 saturated carbocycles. The van der Waals surface area contributed by atoms with Crippen LogP contribution in [0, 0.1) is 0 Å². The Balaban J connectivity index is 1.89. The fourth-order valence-corrected chi connectivity index (χ4v) is 1.82. The SMILES string of the molecule is C/C(=N\O)c1ccc(OCC2CCCO2)cc1. The summed E-state index contributed by atoms with van der Waals surface area (Å²) in [6.45, 7) is 3.20. The van der Waals surface area contributed by atoms with Gasteiger partial charge in [0.15, 0.2) is 0 Å². The molecule has 0 bridgehead atoms. The van der Waals surface area contributed by atoms with Gasteiger partial charge in [-0.05, 0) is 49.6 Å². The van der Waals surface area contributed by atoms with Crippen LogP contribution in [-0.2, 0) is 4.74 Å². The largest absolute Gasteiger partial charge is 0.491 e. The van der Waals surface area contributed by atoms with Gasteiger partial charge < -0.3 is 14.7 Å². The predicted octanol–water partition coefficient (Wildman–Crippen LogP) is 2.44. The number of hydrogen-bond donors (Lipinski definition) is 1. The van der Waals surface area contributed by atoms with Crippen LogP contribution in [0.15, 0.2) is 29.4 Å². The molecule has 1 aromatic rings. The number of rotatable bonds is 4. The van der Waals surface area contributed by atoms with E-state index in [0.717, 1.165) is 30.8 Å². The Bertz CT molecular complexity index is 380. The molecule has 1 aromatic carbocycles. The monoisotopic (exact) mass is 235 g/mol. The minimum atomic E-state index is 0.232. The van der Waals surface area contributed by atoms with E-state index in [-0.39, 0.29) is 6.10 Å². The number of nitrogens with zero attached hydrogens (tertiary/aromatic N) is 1. The lowest BCUT2D eigenvalue weighted by atomic mass is 10.1. The van der Waals surface area contributed by atoms with Gasteiger partial charge >= 0.3 is 0 Å². The van der Waals surface area contributed by atoms with E-state index in [2.05, 4.69) is 5.16 Å². The van der Waals surface area contributed by atoms with E-state index < -0.39 is 0 Å². The molecule has 1 fully saturated rings. The molecule has 17 heavy (non-hydrogen) atoms. The summed E-state index contributed by atoms with van der Waals surface area (Å²) < 4.78 is 11.1. The highest BCUT2D eigenvalue weighted by Crippen LogP contribution is 2.16. The van der Waals surface area contributed by atoms with Gasteiger partial charge in [0.25, 0.3) is 0 Å². The smallest absolute Gasteiger partial charge is 0.119 e. The minimum absolute atomic E-state index is 0.232. The maximum absolute atomic E-state index is 8.64. The van der Waals surface area contributed by atoms with Crippen LogP contribution in [0.25, 0.3) is 0 Å². The highest BCUT2D eigenvalue weighted by atomic mass is 16.5. The lowest BCUT2D eigenvalue weighted by molar-refractivity contribution is 0.0679. The summed E-state index contributed by atoms with van der Waals surface area (Å²) >= 11 is 0. The summed E-state index contributed by atoms with van der Waals surface area (Å²) in [6.07, 6.45) is 2.43. The standard InChI is InChI=1S/C13H17NO3/c1-10(14-15)11-4-6-12(7-5-11)17-9-13-3-2-8-16-13/h4-7,13,15H,2-3,8-9H2,1H3/b14-10+. The Morgan fingerprint density at radius 2 is 2.24 bits per heavy atom. The van der Waals surface area contributed by atoms with E-state index in [0.29, 0.717) is 12.3 Å². The fourth-order valence-electron chi connectivity index (χ4n) is 1.82. The molecule has 4 nitrogen and oxygen atoms in total. The van der Waals surface area contributed by atoms with Crippen molar-refractivity contribution in [3.05, 3.63) is 29.8 Å². The van der Waals surface area contributed by atoms with Crippen molar-refractivity contribution in [2.24, 2.45) is 5.16 Å². The lowest BCUT2D eigenvalue weighted by Gasteiger charge is -2.11. The molecule has 0 aliphatic carbocycles. The van der Waals surface area contributed by atoms with Gasteiger partial charge in [0.05, 0.1) is 11.8 Å². The molecule has 1 aliphatic rings. The van der Waals surface area contributed by atoms with E-state index in [1.165, 1.54) is 0 Å². The van der Waals surface area contributed by atoms with Crippen molar-refractivity contribution in [3.8, 4) is 5.75 Å². The molecule has 1 unspecified atom stereocenters. The molecule has 0 radical (unpaired) electrons. The van der Waals surface area contributed by atoms with Gasteiger partial charge in [-0.3, -0.25) is 0 Å². The minimum Gasteiger partial charge on any atom is -0.491 e. The maximum Gasteiger partial charge on any atom is 0.119 e. The van der Waals surface area contributed by atoms with Gasteiger partial charge in [-0.25, -0.2) is 0 Å². The number of ether oxygens (including phenoxy) is 2. The molecular formula is C13H17NO3. The summed E-state index contributed by atoms with van der Waals surface area (Å²) in [7, 11) is 0. The molecule has 4 heteroatoms. The molecule has 0 spiro atoms. The zero-order chi connectivity index (χ0) is 12.1. The van der Waals surface area contributed by atoms with E-state index in [9.17, 15) is 0 Å². The zero-order valence-electron chi connectivity index (χ0n) is 9.93. The Morgan fingerprint density at radius 1 is 1.47 bits per heavy atom. The van der Waals surface area contributed by atoms with Gasteiger partial charge in [0.1, 0.15) is 12.4 Å². The zero-order valence-corrected chi connectivity index (χ0v) is 9.93. The van der Waals surface area contributed by atoms with Crippen molar-refractivity contribution in [2.45, 2.75) is 25.9 Å². The summed E-state index contributed by atoms with van der Waals surface area (Å²) in [6, 6.07) is 7.50. The maximum atomic E-state index is 8.64. The first-order valence-corrected chi connectivity index (χ1v) is 5.83. The highest BCUT2D eigenvalue weighted by molar-refractivity contribution is 5.98. The van der Waals surface area contributed by atoms with Crippen LogP contribution >= 0.6 is 0 Å². The first-order chi connectivity index (χ1) is 8.29. The lowest BCUT2D eigenvalue weighted by Crippen LogP contribution is -2.16. The number of benzene rings is 1. The van der Waals surface area contributed by atoms with Crippen molar-refractivity contribution in [2.75, 3.05) is 13.2 Å². The van der Waals surface area contributed by atoms with E-state index in [4.69, 9.17) is 14.7 Å². The fraction of sp³-hybridized carbons (Fsp3) is 0.462. The third-order valence-electron chi connectivity index (χ3n) is 2.88. The molecule has 1 saturated heterocycles. The van der Waals surface area contributed by atoms with Crippen LogP contribution in [0.3, 0.4) is 0 Å². The first-order valence-electron chi connectivity index (χ1n) is 5.83. The van der Waals surface area contributed by atoms with Crippen molar-refractivity contribution in [1.82, 2.24) is 0 Å². The summed E-state index contributed by atoms with van der Waals surface area (Å²) in [5.41, 5.74) is 1.48. The molecule has 92 valence electrons. The molecule has 1 N–H and O–H groups in total. The van der Waals surface area contributed by atoms with Gasteiger partial charge in [-0.1, -0.05) is 5.16 Å².